The predicted molar refractivity (Wildman–Crippen MR) is 112 cm³/mol. The van der Waals surface area contributed by atoms with Crippen LogP contribution in [0.2, 0.25) is 0 Å². The van der Waals surface area contributed by atoms with E-state index < -0.39 is 0 Å². The molecule has 1 unspecified atom stereocenters. The third-order valence-electron chi connectivity index (χ3n) is 4.92. The van der Waals surface area contributed by atoms with E-state index in [-0.39, 0.29) is 12.5 Å². The fraction of sp³-hybridized carbons (Fsp3) is 0.250. The lowest BCUT2D eigenvalue weighted by Crippen LogP contribution is -2.09. The van der Waals surface area contributed by atoms with E-state index in [9.17, 15) is 0 Å². The zero-order valence-electron chi connectivity index (χ0n) is 16.2. The minimum absolute atomic E-state index is 0.0236. The van der Waals surface area contributed by atoms with Crippen LogP contribution in [0.3, 0.4) is 0 Å². The number of aliphatic hydroxyl groups is 1. The van der Waals surface area contributed by atoms with Crippen molar-refractivity contribution in [3.8, 4) is 5.75 Å². The molecule has 0 saturated heterocycles. The van der Waals surface area contributed by atoms with E-state index >= 15 is 0 Å². The summed E-state index contributed by atoms with van der Waals surface area (Å²) in [5.74, 6) is 1.06. The number of benzene rings is 3. The van der Waals surface area contributed by atoms with Crippen molar-refractivity contribution in [2.45, 2.75) is 19.8 Å². The highest BCUT2D eigenvalue weighted by Crippen LogP contribution is 2.30. The van der Waals surface area contributed by atoms with Gasteiger partial charge in [0.25, 0.3) is 0 Å². The molecule has 0 saturated carbocycles. The van der Waals surface area contributed by atoms with Gasteiger partial charge in [0.2, 0.25) is 0 Å². The maximum atomic E-state index is 8.92. The number of hydrogen-bond acceptors (Lipinski definition) is 3. The molecule has 0 aliphatic carbocycles. The molecule has 0 spiro atoms. The van der Waals surface area contributed by atoms with Crippen molar-refractivity contribution in [1.29, 1.82) is 0 Å². The van der Waals surface area contributed by atoms with E-state index in [0.29, 0.717) is 6.61 Å². The van der Waals surface area contributed by atoms with Crippen molar-refractivity contribution >= 4 is 11.4 Å². The second-order valence-corrected chi connectivity index (χ2v) is 6.85. The van der Waals surface area contributed by atoms with E-state index in [4.69, 9.17) is 9.84 Å². The first kappa shape index (κ1) is 19.0. The molecule has 0 bridgehead atoms. The van der Waals surface area contributed by atoms with E-state index in [1.165, 1.54) is 22.4 Å². The van der Waals surface area contributed by atoms with Crippen LogP contribution in [0.4, 0.5) is 11.4 Å². The second kappa shape index (κ2) is 8.74. The number of rotatable bonds is 7. The van der Waals surface area contributed by atoms with Crippen molar-refractivity contribution in [2.75, 3.05) is 25.2 Å². The van der Waals surface area contributed by atoms with Gasteiger partial charge in [-0.1, -0.05) is 48.9 Å². The Bertz CT molecular complexity index is 856. The lowest BCUT2D eigenvalue weighted by molar-refractivity contribution is 0.201. The predicted octanol–water partition coefficient (Wildman–Crippen LogP) is 5.29. The molecule has 3 rings (SSSR count). The van der Waals surface area contributed by atoms with E-state index in [1.807, 2.05) is 18.2 Å². The lowest BCUT2D eigenvalue weighted by Gasteiger charge is -2.21. The quantitative estimate of drug-likeness (QED) is 0.621. The highest BCUT2D eigenvalue weighted by Gasteiger charge is 2.11. The average Bonchev–Trinajstić information content (AvgIpc) is 2.72. The molecule has 27 heavy (non-hydrogen) atoms. The number of anilines is 2. The Balaban J connectivity index is 1.75. The summed E-state index contributed by atoms with van der Waals surface area (Å²) in [5, 5.41) is 8.92. The Morgan fingerprint density at radius 1 is 0.889 bits per heavy atom. The third-order valence-corrected chi connectivity index (χ3v) is 4.92. The highest BCUT2D eigenvalue weighted by atomic mass is 16.5. The van der Waals surface area contributed by atoms with Crippen LogP contribution in [0.15, 0.2) is 72.8 Å². The molecule has 1 N–H and O–H groups in total. The topological polar surface area (TPSA) is 32.7 Å². The molecule has 0 heterocycles. The van der Waals surface area contributed by atoms with Crippen LogP contribution in [0.5, 0.6) is 5.75 Å². The van der Waals surface area contributed by atoms with Gasteiger partial charge >= 0.3 is 0 Å². The minimum atomic E-state index is 0.0236. The van der Waals surface area contributed by atoms with Gasteiger partial charge < -0.3 is 14.7 Å². The van der Waals surface area contributed by atoms with Gasteiger partial charge in [0.1, 0.15) is 12.4 Å². The van der Waals surface area contributed by atoms with Crippen LogP contribution in [-0.2, 0) is 0 Å². The summed E-state index contributed by atoms with van der Waals surface area (Å²) in [6.07, 6.45) is 0. The van der Waals surface area contributed by atoms with Crippen molar-refractivity contribution in [1.82, 2.24) is 0 Å². The largest absolute Gasteiger partial charge is 0.491 e. The summed E-state index contributed by atoms with van der Waals surface area (Å²) in [6, 6.07) is 25.3. The van der Waals surface area contributed by atoms with Gasteiger partial charge in [-0.15, -0.1) is 0 Å². The molecule has 0 fully saturated rings. The molecule has 0 aliphatic rings. The first-order valence-electron chi connectivity index (χ1n) is 9.32. The standard InChI is InChI=1S/C24H27NO2/c1-18-7-11-22(12-8-18)25(3)23-13-9-20(10-14-23)19(2)21-5-4-6-24(17-21)27-16-15-26/h4-14,17,19,26H,15-16H2,1-3H3. The first-order valence-corrected chi connectivity index (χ1v) is 9.32. The van der Waals surface area contributed by atoms with Gasteiger partial charge in [0, 0.05) is 24.3 Å². The van der Waals surface area contributed by atoms with Crippen molar-refractivity contribution in [3.05, 3.63) is 89.5 Å². The Morgan fingerprint density at radius 2 is 1.52 bits per heavy atom. The number of ether oxygens (including phenoxy) is 1. The van der Waals surface area contributed by atoms with E-state index in [2.05, 4.69) is 80.4 Å². The van der Waals surface area contributed by atoms with Crippen LogP contribution < -0.4 is 9.64 Å². The Hall–Kier alpha value is -2.78. The molecule has 0 aromatic heterocycles. The van der Waals surface area contributed by atoms with Crippen LogP contribution in [0.25, 0.3) is 0 Å². The summed E-state index contributed by atoms with van der Waals surface area (Å²) in [6.45, 7) is 4.64. The van der Waals surface area contributed by atoms with Gasteiger partial charge in [-0.3, -0.25) is 0 Å². The Kier molecular flexibility index (Phi) is 6.15. The van der Waals surface area contributed by atoms with Gasteiger partial charge in [-0.05, 0) is 54.4 Å². The van der Waals surface area contributed by atoms with Crippen molar-refractivity contribution in [2.24, 2.45) is 0 Å². The fourth-order valence-corrected chi connectivity index (χ4v) is 3.13. The summed E-state index contributed by atoms with van der Waals surface area (Å²) >= 11 is 0. The summed E-state index contributed by atoms with van der Waals surface area (Å²) in [5.41, 5.74) is 6.06. The van der Waals surface area contributed by atoms with E-state index in [1.54, 1.807) is 0 Å². The molecule has 3 heteroatoms. The molecule has 1 atom stereocenters. The lowest BCUT2D eigenvalue weighted by atomic mass is 9.93. The number of aryl methyl sites for hydroxylation is 1. The Morgan fingerprint density at radius 3 is 2.15 bits per heavy atom. The molecule has 3 nitrogen and oxygen atoms in total. The zero-order chi connectivity index (χ0) is 19.2. The molecule has 140 valence electrons. The molecule has 0 aliphatic heterocycles. The molecular formula is C24H27NO2. The summed E-state index contributed by atoms with van der Waals surface area (Å²) in [7, 11) is 2.09. The van der Waals surface area contributed by atoms with Gasteiger partial charge in [-0.25, -0.2) is 0 Å². The summed E-state index contributed by atoms with van der Waals surface area (Å²) < 4.78 is 5.53. The van der Waals surface area contributed by atoms with Crippen molar-refractivity contribution < 1.29 is 9.84 Å². The average molecular weight is 361 g/mol. The van der Waals surface area contributed by atoms with Crippen LogP contribution in [0.1, 0.15) is 29.5 Å². The summed E-state index contributed by atoms with van der Waals surface area (Å²) in [4.78, 5) is 2.19. The fourth-order valence-electron chi connectivity index (χ4n) is 3.13. The van der Waals surface area contributed by atoms with Crippen LogP contribution in [-0.4, -0.2) is 25.4 Å². The molecule has 3 aromatic carbocycles. The van der Waals surface area contributed by atoms with Gasteiger partial charge in [0.15, 0.2) is 0 Å². The van der Waals surface area contributed by atoms with Gasteiger partial charge in [-0.2, -0.15) is 0 Å². The normalized spacial score (nSPS) is 11.9. The first-order chi connectivity index (χ1) is 13.1. The zero-order valence-corrected chi connectivity index (χ0v) is 16.2. The number of nitrogens with zero attached hydrogens (tertiary/aromatic N) is 1. The number of hydrogen-bond donors (Lipinski definition) is 1. The smallest absolute Gasteiger partial charge is 0.119 e. The second-order valence-electron chi connectivity index (χ2n) is 6.85. The number of aliphatic hydroxyl groups excluding tert-OH is 1. The van der Waals surface area contributed by atoms with E-state index in [0.717, 1.165) is 11.4 Å². The monoisotopic (exact) mass is 361 g/mol. The van der Waals surface area contributed by atoms with Gasteiger partial charge in [0.05, 0.1) is 6.61 Å². The van der Waals surface area contributed by atoms with Crippen molar-refractivity contribution in [3.63, 3.8) is 0 Å². The van der Waals surface area contributed by atoms with Crippen LogP contribution >= 0.6 is 0 Å². The molecule has 0 amide bonds. The maximum Gasteiger partial charge on any atom is 0.119 e. The third kappa shape index (κ3) is 4.69. The SMILES string of the molecule is Cc1ccc(N(C)c2ccc(C(C)c3cccc(OCCO)c3)cc2)cc1. The highest BCUT2D eigenvalue weighted by molar-refractivity contribution is 5.63. The molecule has 3 aromatic rings. The molecular weight excluding hydrogens is 334 g/mol. The maximum absolute atomic E-state index is 8.92. The molecule has 0 radical (unpaired) electrons. The Labute approximate surface area is 161 Å². The van der Waals surface area contributed by atoms with Crippen LogP contribution in [0, 0.1) is 6.92 Å². The minimum Gasteiger partial charge on any atom is -0.491 e.